The van der Waals surface area contributed by atoms with E-state index in [0.717, 1.165) is 15.2 Å². The highest BCUT2D eigenvalue weighted by molar-refractivity contribution is 9.10. The number of halogens is 4. The van der Waals surface area contributed by atoms with Gasteiger partial charge in [0.15, 0.2) is 0 Å². The minimum absolute atomic E-state index is 0.0115. The Labute approximate surface area is 172 Å². The maximum absolute atomic E-state index is 13.0. The summed E-state index contributed by atoms with van der Waals surface area (Å²) in [6.45, 7) is 2.28. The number of rotatable bonds is 2. The van der Waals surface area contributed by atoms with Crippen molar-refractivity contribution in [1.29, 1.82) is 0 Å². The molecule has 1 fully saturated rings. The largest absolute Gasteiger partial charge is 0.416 e. The second kappa shape index (κ2) is 7.40. The number of benzene rings is 2. The lowest BCUT2D eigenvalue weighted by atomic mass is 10.1. The molecule has 0 atom stereocenters. The van der Waals surface area contributed by atoms with E-state index in [4.69, 9.17) is 0 Å². The van der Waals surface area contributed by atoms with Crippen molar-refractivity contribution in [3.8, 4) is 0 Å². The molecule has 3 nitrogen and oxygen atoms in total. The molecule has 8 heteroatoms. The summed E-state index contributed by atoms with van der Waals surface area (Å²) in [6.07, 6.45) is -4.35. The molecular formula is C20H16BrF3N2OS. The first-order valence-electron chi connectivity index (χ1n) is 8.71. The molecule has 4 rings (SSSR count). The van der Waals surface area contributed by atoms with E-state index in [1.54, 1.807) is 6.07 Å². The number of alkyl halides is 3. The van der Waals surface area contributed by atoms with Crippen LogP contribution < -0.4 is 15.2 Å². The van der Waals surface area contributed by atoms with E-state index in [2.05, 4.69) is 15.9 Å². The van der Waals surface area contributed by atoms with Crippen molar-refractivity contribution in [3.63, 3.8) is 0 Å². The quantitative estimate of drug-likeness (QED) is 0.505. The summed E-state index contributed by atoms with van der Waals surface area (Å²) in [5.74, 6) is 0. The highest BCUT2D eigenvalue weighted by Gasteiger charge is 2.31. The van der Waals surface area contributed by atoms with Crippen LogP contribution in [0.1, 0.15) is 5.56 Å². The molecule has 0 radical (unpaired) electrons. The van der Waals surface area contributed by atoms with E-state index in [1.807, 2.05) is 33.4 Å². The zero-order valence-electron chi connectivity index (χ0n) is 14.7. The molecule has 0 N–H and O–H groups in total. The molecular weight excluding hydrogens is 453 g/mol. The van der Waals surface area contributed by atoms with Gasteiger partial charge in [-0.3, -0.25) is 4.79 Å². The van der Waals surface area contributed by atoms with Crippen molar-refractivity contribution in [1.82, 2.24) is 0 Å². The molecule has 0 spiro atoms. The Hall–Kier alpha value is -2.06. The molecule has 146 valence electrons. The fraction of sp³-hybridized carbons (Fsp3) is 0.250. The smallest absolute Gasteiger partial charge is 0.368 e. The highest BCUT2D eigenvalue weighted by Crippen LogP contribution is 2.32. The summed E-state index contributed by atoms with van der Waals surface area (Å²) in [5.41, 5.74) is 0.556. The molecule has 1 saturated heterocycles. The van der Waals surface area contributed by atoms with Gasteiger partial charge in [-0.2, -0.15) is 13.2 Å². The van der Waals surface area contributed by atoms with Crippen LogP contribution in [0.15, 0.2) is 57.1 Å². The first-order chi connectivity index (χ1) is 13.3. The number of anilines is 2. The molecule has 2 aromatic carbocycles. The summed E-state index contributed by atoms with van der Waals surface area (Å²) in [5, 5.41) is 2.55. The van der Waals surface area contributed by atoms with Crippen LogP contribution in [-0.2, 0) is 6.18 Å². The Morgan fingerprint density at radius 1 is 0.964 bits per heavy atom. The molecule has 3 aromatic rings. The van der Waals surface area contributed by atoms with Gasteiger partial charge < -0.3 is 9.80 Å². The van der Waals surface area contributed by atoms with E-state index >= 15 is 0 Å². The minimum atomic E-state index is -4.35. The summed E-state index contributed by atoms with van der Waals surface area (Å²) in [4.78, 5) is 16.8. The number of hydrogen-bond donors (Lipinski definition) is 0. The first kappa shape index (κ1) is 19.3. The molecule has 1 aliphatic rings. The SMILES string of the molecule is O=c1c(N2CCN(c3cccc(C(F)(F)F)c3)CC2)csc2ccc(Br)cc12. The van der Waals surface area contributed by atoms with Gasteiger partial charge in [0.25, 0.3) is 0 Å². The van der Waals surface area contributed by atoms with Gasteiger partial charge in [-0.25, -0.2) is 0 Å². The Bertz CT molecular complexity index is 1070. The number of piperazine rings is 1. The van der Waals surface area contributed by atoms with Crippen LogP contribution in [0.4, 0.5) is 24.5 Å². The van der Waals surface area contributed by atoms with Crippen molar-refractivity contribution in [2.45, 2.75) is 6.18 Å². The van der Waals surface area contributed by atoms with Crippen LogP contribution in [0.5, 0.6) is 0 Å². The normalized spacial score (nSPS) is 15.3. The summed E-state index contributed by atoms with van der Waals surface area (Å²) >= 11 is 4.93. The van der Waals surface area contributed by atoms with E-state index < -0.39 is 11.7 Å². The predicted octanol–water partition coefficient (Wildman–Crippen LogP) is 5.37. The van der Waals surface area contributed by atoms with Gasteiger partial charge in [-0.1, -0.05) is 22.0 Å². The van der Waals surface area contributed by atoms with Gasteiger partial charge in [0.2, 0.25) is 5.43 Å². The van der Waals surface area contributed by atoms with Gasteiger partial charge in [-0.15, -0.1) is 11.3 Å². The van der Waals surface area contributed by atoms with Gasteiger partial charge in [0.1, 0.15) is 0 Å². The zero-order chi connectivity index (χ0) is 19.9. The van der Waals surface area contributed by atoms with Crippen LogP contribution in [0.3, 0.4) is 0 Å². The van der Waals surface area contributed by atoms with Crippen LogP contribution >= 0.6 is 27.3 Å². The van der Waals surface area contributed by atoms with E-state index in [-0.39, 0.29) is 5.43 Å². The van der Waals surface area contributed by atoms with E-state index in [9.17, 15) is 18.0 Å². The standard InChI is InChI=1S/C20H16BrF3N2OS/c21-14-4-5-18-16(11-14)19(27)17(12-28-18)26-8-6-25(7-9-26)15-3-1-2-13(10-15)20(22,23)24/h1-5,10-12H,6-9H2. The molecule has 0 bridgehead atoms. The van der Waals surface area contributed by atoms with Crippen LogP contribution in [0, 0.1) is 0 Å². The molecule has 1 aliphatic heterocycles. The van der Waals surface area contributed by atoms with Crippen LogP contribution in [-0.4, -0.2) is 26.2 Å². The fourth-order valence-corrected chi connectivity index (χ4v) is 4.68. The molecule has 28 heavy (non-hydrogen) atoms. The van der Waals surface area contributed by atoms with Gasteiger partial charge in [0.05, 0.1) is 11.3 Å². The molecule has 2 heterocycles. The highest BCUT2D eigenvalue weighted by atomic mass is 79.9. The minimum Gasteiger partial charge on any atom is -0.368 e. The Morgan fingerprint density at radius 3 is 2.39 bits per heavy atom. The Morgan fingerprint density at radius 2 is 1.68 bits per heavy atom. The van der Waals surface area contributed by atoms with Crippen molar-refractivity contribution in [2.75, 3.05) is 36.0 Å². The third-order valence-corrected chi connectivity index (χ3v) is 6.32. The number of nitrogens with zero attached hydrogens (tertiary/aromatic N) is 2. The lowest BCUT2D eigenvalue weighted by molar-refractivity contribution is -0.137. The second-order valence-electron chi connectivity index (χ2n) is 6.61. The lowest BCUT2D eigenvalue weighted by Crippen LogP contribution is -2.47. The van der Waals surface area contributed by atoms with Crippen molar-refractivity contribution >= 4 is 48.7 Å². The summed E-state index contributed by atoms with van der Waals surface area (Å²) in [6, 6.07) is 11.0. The molecule has 1 aromatic heterocycles. The van der Waals surface area contributed by atoms with Gasteiger partial charge in [0, 0.05) is 51.8 Å². The van der Waals surface area contributed by atoms with Gasteiger partial charge in [-0.05, 0) is 36.4 Å². The maximum Gasteiger partial charge on any atom is 0.416 e. The van der Waals surface area contributed by atoms with Gasteiger partial charge >= 0.3 is 6.18 Å². The van der Waals surface area contributed by atoms with Crippen molar-refractivity contribution in [3.05, 3.63) is 68.1 Å². The molecule has 0 saturated carbocycles. The Balaban J connectivity index is 1.54. The zero-order valence-corrected chi connectivity index (χ0v) is 17.1. The van der Waals surface area contributed by atoms with Crippen molar-refractivity contribution in [2.24, 2.45) is 0 Å². The molecule has 0 amide bonds. The fourth-order valence-electron chi connectivity index (χ4n) is 3.40. The third kappa shape index (κ3) is 3.75. The van der Waals surface area contributed by atoms with Crippen LogP contribution in [0.2, 0.25) is 0 Å². The second-order valence-corrected chi connectivity index (χ2v) is 8.44. The van der Waals surface area contributed by atoms with E-state index in [0.29, 0.717) is 42.9 Å². The topological polar surface area (TPSA) is 23.6 Å². The Kier molecular flexibility index (Phi) is 5.09. The monoisotopic (exact) mass is 468 g/mol. The molecule has 0 unspecified atom stereocenters. The molecule has 0 aliphatic carbocycles. The summed E-state index contributed by atoms with van der Waals surface area (Å²) in [7, 11) is 0. The predicted molar refractivity (Wildman–Crippen MR) is 112 cm³/mol. The number of hydrogen-bond acceptors (Lipinski definition) is 4. The number of fused-ring (bicyclic) bond motifs is 1. The average Bonchev–Trinajstić information content (AvgIpc) is 2.68. The summed E-state index contributed by atoms with van der Waals surface area (Å²) < 4.78 is 40.7. The van der Waals surface area contributed by atoms with Crippen LogP contribution in [0.25, 0.3) is 10.1 Å². The third-order valence-electron chi connectivity index (χ3n) is 4.88. The van der Waals surface area contributed by atoms with E-state index in [1.165, 1.54) is 23.5 Å². The average molecular weight is 469 g/mol. The maximum atomic E-state index is 13.0. The first-order valence-corrected chi connectivity index (χ1v) is 10.4. The van der Waals surface area contributed by atoms with Crippen molar-refractivity contribution < 1.29 is 13.2 Å². The lowest BCUT2D eigenvalue weighted by Gasteiger charge is -2.37.